The molecular formula is C12H20N2O2. The van der Waals surface area contributed by atoms with Crippen molar-refractivity contribution in [3.8, 4) is 5.75 Å². The molecule has 1 aromatic carbocycles. The van der Waals surface area contributed by atoms with Crippen molar-refractivity contribution < 1.29 is 9.84 Å². The Morgan fingerprint density at radius 2 is 2.25 bits per heavy atom. The average molecular weight is 224 g/mol. The van der Waals surface area contributed by atoms with Crippen LogP contribution in [0.15, 0.2) is 18.2 Å². The second-order valence-electron chi connectivity index (χ2n) is 3.96. The summed E-state index contributed by atoms with van der Waals surface area (Å²) < 4.78 is 5.13. The summed E-state index contributed by atoms with van der Waals surface area (Å²) in [6, 6.07) is 5.61. The van der Waals surface area contributed by atoms with Crippen LogP contribution in [0.2, 0.25) is 0 Å². The van der Waals surface area contributed by atoms with Crippen molar-refractivity contribution in [1.29, 1.82) is 0 Å². The molecule has 0 amide bonds. The van der Waals surface area contributed by atoms with Crippen LogP contribution < -0.4 is 15.8 Å². The van der Waals surface area contributed by atoms with E-state index in [2.05, 4.69) is 12.2 Å². The second-order valence-corrected chi connectivity index (χ2v) is 3.96. The van der Waals surface area contributed by atoms with E-state index in [1.54, 1.807) is 7.11 Å². The van der Waals surface area contributed by atoms with Crippen molar-refractivity contribution in [2.24, 2.45) is 5.92 Å². The highest BCUT2D eigenvalue weighted by Crippen LogP contribution is 2.25. The van der Waals surface area contributed by atoms with Crippen LogP contribution >= 0.6 is 0 Å². The van der Waals surface area contributed by atoms with Crippen molar-refractivity contribution in [2.45, 2.75) is 13.3 Å². The smallest absolute Gasteiger partial charge is 0.143 e. The number of methoxy groups -OCH3 is 1. The molecule has 0 aliphatic heterocycles. The molecule has 4 nitrogen and oxygen atoms in total. The maximum atomic E-state index is 8.79. The molecule has 1 atom stereocenters. The lowest BCUT2D eigenvalue weighted by molar-refractivity contribution is 0.266. The first kappa shape index (κ1) is 12.6. The summed E-state index contributed by atoms with van der Waals surface area (Å²) in [6.07, 6.45) is 0.805. The van der Waals surface area contributed by atoms with E-state index in [4.69, 9.17) is 15.6 Å². The maximum absolute atomic E-state index is 8.79. The molecule has 0 bridgehead atoms. The molecular weight excluding hydrogens is 204 g/mol. The fourth-order valence-corrected chi connectivity index (χ4v) is 1.44. The van der Waals surface area contributed by atoms with Crippen LogP contribution in [0.3, 0.4) is 0 Å². The van der Waals surface area contributed by atoms with Gasteiger partial charge in [0.05, 0.1) is 12.8 Å². The molecule has 0 aliphatic rings. The largest absolute Gasteiger partial charge is 0.495 e. The second kappa shape index (κ2) is 6.23. The average Bonchev–Trinajstić information content (AvgIpc) is 2.28. The monoisotopic (exact) mass is 224 g/mol. The Balaban J connectivity index is 2.54. The SMILES string of the molecule is COc1cc(NCC(C)CCO)ccc1N. The van der Waals surface area contributed by atoms with Crippen LogP contribution in [0.1, 0.15) is 13.3 Å². The Labute approximate surface area is 96.4 Å². The van der Waals surface area contributed by atoms with Gasteiger partial charge in [-0.3, -0.25) is 0 Å². The highest BCUT2D eigenvalue weighted by molar-refractivity contribution is 5.61. The zero-order valence-electron chi connectivity index (χ0n) is 9.86. The van der Waals surface area contributed by atoms with Gasteiger partial charge in [0, 0.05) is 24.9 Å². The fourth-order valence-electron chi connectivity index (χ4n) is 1.44. The minimum Gasteiger partial charge on any atom is -0.495 e. The van der Waals surface area contributed by atoms with Crippen LogP contribution in [0.5, 0.6) is 5.75 Å². The number of nitrogen functional groups attached to an aromatic ring is 1. The van der Waals surface area contributed by atoms with E-state index in [1.807, 2.05) is 18.2 Å². The summed E-state index contributed by atoms with van der Waals surface area (Å²) in [5.41, 5.74) is 7.34. The predicted molar refractivity (Wildman–Crippen MR) is 66.8 cm³/mol. The van der Waals surface area contributed by atoms with E-state index >= 15 is 0 Å². The Bertz CT molecular complexity index is 329. The predicted octanol–water partition coefficient (Wildman–Crippen LogP) is 1.71. The number of anilines is 2. The normalized spacial score (nSPS) is 12.2. The van der Waals surface area contributed by atoms with Gasteiger partial charge in [-0.25, -0.2) is 0 Å². The van der Waals surface area contributed by atoms with Gasteiger partial charge in [0.2, 0.25) is 0 Å². The number of hydrogen-bond acceptors (Lipinski definition) is 4. The van der Waals surface area contributed by atoms with Gasteiger partial charge >= 0.3 is 0 Å². The van der Waals surface area contributed by atoms with E-state index in [9.17, 15) is 0 Å². The molecule has 1 rings (SSSR count). The number of aliphatic hydroxyl groups is 1. The first-order chi connectivity index (χ1) is 7.67. The zero-order chi connectivity index (χ0) is 12.0. The van der Waals surface area contributed by atoms with Gasteiger partial charge < -0.3 is 20.9 Å². The highest BCUT2D eigenvalue weighted by atomic mass is 16.5. The number of nitrogens with one attached hydrogen (secondary N) is 1. The third-order valence-corrected chi connectivity index (χ3v) is 2.51. The van der Waals surface area contributed by atoms with E-state index in [1.165, 1.54) is 0 Å². The molecule has 0 aliphatic carbocycles. The highest BCUT2D eigenvalue weighted by Gasteiger charge is 2.03. The lowest BCUT2D eigenvalue weighted by Gasteiger charge is -2.13. The number of rotatable bonds is 6. The van der Waals surface area contributed by atoms with Gasteiger partial charge in [0.15, 0.2) is 0 Å². The van der Waals surface area contributed by atoms with Crippen LogP contribution in [0.4, 0.5) is 11.4 Å². The van der Waals surface area contributed by atoms with Gasteiger partial charge in [-0.2, -0.15) is 0 Å². The minimum atomic E-state index is 0.230. The molecule has 1 aromatic rings. The topological polar surface area (TPSA) is 67.5 Å². The van der Waals surface area contributed by atoms with Gasteiger partial charge in [-0.1, -0.05) is 6.92 Å². The van der Waals surface area contributed by atoms with E-state index < -0.39 is 0 Å². The van der Waals surface area contributed by atoms with Crippen LogP contribution in [0, 0.1) is 5.92 Å². The summed E-state index contributed by atoms with van der Waals surface area (Å²) in [5.74, 6) is 1.12. The minimum absolute atomic E-state index is 0.230. The van der Waals surface area contributed by atoms with Crippen molar-refractivity contribution in [3.63, 3.8) is 0 Å². The summed E-state index contributed by atoms with van der Waals surface area (Å²) in [7, 11) is 1.60. The molecule has 1 unspecified atom stereocenters. The van der Waals surface area contributed by atoms with Crippen molar-refractivity contribution in [2.75, 3.05) is 31.3 Å². The van der Waals surface area contributed by atoms with Gasteiger partial charge in [-0.05, 0) is 24.5 Å². The number of benzene rings is 1. The van der Waals surface area contributed by atoms with E-state index in [0.717, 1.165) is 18.7 Å². The van der Waals surface area contributed by atoms with Crippen LogP contribution in [-0.4, -0.2) is 25.4 Å². The first-order valence-corrected chi connectivity index (χ1v) is 5.45. The third-order valence-electron chi connectivity index (χ3n) is 2.51. The Morgan fingerprint density at radius 3 is 2.88 bits per heavy atom. The van der Waals surface area contributed by atoms with E-state index in [0.29, 0.717) is 17.4 Å². The van der Waals surface area contributed by atoms with Gasteiger partial charge in [-0.15, -0.1) is 0 Å². The third kappa shape index (κ3) is 3.62. The molecule has 4 N–H and O–H groups in total. The number of hydrogen-bond donors (Lipinski definition) is 3. The molecule has 0 aromatic heterocycles. The summed E-state index contributed by atoms with van der Waals surface area (Å²) in [4.78, 5) is 0. The molecule has 16 heavy (non-hydrogen) atoms. The quantitative estimate of drug-likeness (QED) is 0.643. The van der Waals surface area contributed by atoms with Crippen molar-refractivity contribution >= 4 is 11.4 Å². The Morgan fingerprint density at radius 1 is 1.50 bits per heavy atom. The summed E-state index contributed by atoms with van der Waals surface area (Å²) in [5, 5.41) is 12.1. The first-order valence-electron chi connectivity index (χ1n) is 5.45. The summed E-state index contributed by atoms with van der Waals surface area (Å²) >= 11 is 0. The zero-order valence-corrected chi connectivity index (χ0v) is 9.86. The molecule has 0 saturated carbocycles. The van der Waals surface area contributed by atoms with E-state index in [-0.39, 0.29) is 6.61 Å². The molecule has 0 radical (unpaired) electrons. The molecule has 0 fully saturated rings. The molecule has 0 spiro atoms. The van der Waals surface area contributed by atoms with Crippen molar-refractivity contribution in [1.82, 2.24) is 0 Å². The van der Waals surface area contributed by atoms with Crippen molar-refractivity contribution in [3.05, 3.63) is 18.2 Å². The number of ether oxygens (including phenoxy) is 1. The molecule has 0 heterocycles. The molecule has 0 saturated heterocycles. The van der Waals surface area contributed by atoms with Gasteiger partial charge in [0.1, 0.15) is 5.75 Å². The number of nitrogens with two attached hydrogens (primary N) is 1. The fraction of sp³-hybridized carbons (Fsp3) is 0.500. The molecule has 90 valence electrons. The summed E-state index contributed by atoms with van der Waals surface area (Å²) in [6.45, 7) is 3.15. The Hall–Kier alpha value is -1.42. The van der Waals surface area contributed by atoms with Crippen LogP contribution in [-0.2, 0) is 0 Å². The lowest BCUT2D eigenvalue weighted by atomic mass is 10.1. The standard InChI is InChI=1S/C12H20N2O2/c1-9(5-6-15)8-14-10-3-4-11(13)12(7-10)16-2/h3-4,7,9,14-15H,5-6,8,13H2,1-2H3. The molecule has 4 heteroatoms. The van der Waals surface area contributed by atoms with Crippen LogP contribution in [0.25, 0.3) is 0 Å². The van der Waals surface area contributed by atoms with Gasteiger partial charge in [0.25, 0.3) is 0 Å². The maximum Gasteiger partial charge on any atom is 0.143 e. The lowest BCUT2D eigenvalue weighted by Crippen LogP contribution is -2.12. The number of aliphatic hydroxyl groups excluding tert-OH is 1. The Kier molecular flexibility index (Phi) is 4.92.